The molecule has 10 heteroatoms. The van der Waals surface area contributed by atoms with Crippen LogP contribution in [-0.2, 0) is 9.53 Å². The molecule has 0 unspecified atom stereocenters. The monoisotopic (exact) mass is 467 g/mol. The fraction of sp³-hybridized carbons (Fsp3) is 0.0909. The molecule has 162 valence electrons. The second-order valence-electron chi connectivity index (χ2n) is 6.56. The maximum absolute atomic E-state index is 12.6. The molecule has 0 aliphatic heterocycles. The van der Waals surface area contributed by atoms with Gasteiger partial charge in [-0.3, -0.25) is 9.47 Å². The molecule has 1 amide bonds. The van der Waals surface area contributed by atoms with Crippen LogP contribution in [0.5, 0.6) is 0 Å². The number of aromatic nitrogens is 4. The number of para-hydroxylation sites is 1. The van der Waals surface area contributed by atoms with Gasteiger partial charge in [0, 0.05) is 23.0 Å². The van der Waals surface area contributed by atoms with Gasteiger partial charge in [0.25, 0.3) is 0 Å². The minimum atomic E-state index is -0.520. The van der Waals surface area contributed by atoms with Gasteiger partial charge in [0.15, 0.2) is 5.82 Å². The van der Waals surface area contributed by atoms with Crippen LogP contribution >= 0.6 is 23.4 Å². The molecule has 0 spiro atoms. The van der Waals surface area contributed by atoms with Crippen molar-refractivity contribution >= 4 is 40.9 Å². The molecule has 32 heavy (non-hydrogen) atoms. The Morgan fingerprint density at radius 3 is 2.47 bits per heavy atom. The molecule has 0 saturated carbocycles. The van der Waals surface area contributed by atoms with E-state index in [0.29, 0.717) is 21.7 Å². The van der Waals surface area contributed by atoms with Gasteiger partial charge < -0.3 is 10.1 Å². The maximum atomic E-state index is 12.6. The predicted octanol–water partition coefficient (Wildman–Crippen LogP) is 4.23. The van der Waals surface area contributed by atoms with E-state index < -0.39 is 5.97 Å². The Labute approximate surface area is 193 Å². The van der Waals surface area contributed by atoms with Crippen LogP contribution in [-0.4, -0.2) is 44.3 Å². The van der Waals surface area contributed by atoms with Gasteiger partial charge in [0.05, 0.1) is 24.1 Å². The second-order valence-corrected chi connectivity index (χ2v) is 7.94. The van der Waals surface area contributed by atoms with Gasteiger partial charge in [-0.15, -0.1) is 10.2 Å². The predicted molar refractivity (Wildman–Crippen MR) is 123 cm³/mol. The van der Waals surface area contributed by atoms with Crippen molar-refractivity contribution < 1.29 is 14.3 Å². The average Bonchev–Trinajstić information content (AvgIpc) is 3.48. The molecule has 0 radical (unpaired) electrons. The molecule has 0 bridgehead atoms. The number of thioether (sulfide) groups is 1. The maximum Gasteiger partial charge on any atom is 0.339 e. The minimum Gasteiger partial charge on any atom is -0.465 e. The average molecular weight is 468 g/mol. The van der Waals surface area contributed by atoms with Crippen LogP contribution in [0.2, 0.25) is 5.02 Å². The zero-order valence-corrected chi connectivity index (χ0v) is 18.5. The number of nitrogens with one attached hydrogen (secondary N) is 1. The lowest BCUT2D eigenvalue weighted by Gasteiger charge is -2.12. The molecule has 0 fully saturated rings. The molecule has 2 aromatic heterocycles. The van der Waals surface area contributed by atoms with Gasteiger partial charge in [0.1, 0.15) is 0 Å². The van der Waals surface area contributed by atoms with Gasteiger partial charge in [0.2, 0.25) is 11.1 Å². The highest BCUT2D eigenvalue weighted by Crippen LogP contribution is 2.26. The van der Waals surface area contributed by atoms with E-state index in [1.54, 1.807) is 36.4 Å². The van der Waals surface area contributed by atoms with Crippen LogP contribution in [0.15, 0.2) is 78.2 Å². The van der Waals surface area contributed by atoms with Crippen molar-refractivity contribution in [1.29, 1.82) is 0 Å². The van der Waals surface area contributed by atoms with Crippen LogP contribution in [0.4, 0.5) is 5.69 Å². The van der Waals surface area contributed by atoms with Gasteiger partial charge in [-0.05, 0) is 48.5 Å². The molecule has 2 aromatic carbocycles. The lowest BCUT2D eigenvalue weighted by molar-refractivity contribution is -0.113. The van der Waals surface area contributed by atoms with Crippen LogP contribution in [0.3, 0.4) is 0 Å². The summed E-state index contributed by atoms with van der Waals surface area (Å²) in [7, 11) is 1.29. The second kappa shape index (κ2) is 9.71. The van der Waals surface area contributed by atoms with Crippen molar-refractivity contribution in [2.75, 3.05) is 18.2 Å². The van der Waals surface area contributed by atoms with Crippen LogP contribution in [0.1, 0.15) is 10.4 Å². The van der Waals surface area contributed by atoms with Crippen LogP contribution in [0, 0.1) is 0 Å². The van der Waals surface area contributed by atoms with E-state index in [-0.39, 0.29) is 17.2 Å². The molecule has 2 heterocycles. The highest BCUT2D eigenvalue weighted by atomic mass is 35.5. The Bertz CT molecular complexity index is 1240. The van der Waals surface area contributed by atoms with E-state index >= 15 is 0 Å². The van der Waals surface area contributed by atoms with Crippen LogP contribution in [0.25, 0.3) is 11.4 Å². The number of nitrogens with zero attached hydrogens (tertiary/aromatic N) is 4. The van der Waals surface area contributed by atoms with E-state index in [9.17, 15) is 9.59 Å². The minimum absolute atomic E-state index is 0.0650. The molecule has 1 N–H and O–H groups in total. The van der Waals surface area contributed by atoms with Gasteiger partial charge in [-0.25, -0.2) is 9.47 Å². The summed E-state index contributed by atoms with van der Waals surface area (Å²) in [6.45, 7) is 0. The van der Waals surface area contributed by atoms with Crippen molar-refractivity contribution in [3.63, 3.8) is 0 Å². The third-order valence-corrected chi connectivity index (χ3v) is 5.64. The smallest absolute Gasteiger partial charge is 0.339 e. The van der Waals surface area contributed by atoms with Gasteiger partial charge in [-0.2, -0.15) is 0 Å². The highest BCUT2D eigenvalue weighted by molar-refractivity contribution is 7.99. The summed E-state index contributed by atoms with van der Waals surface area (Å²) in [5.74, 6) is -0.137. The summed E-state index contributed by atoms with van der Waals surface area (Å²) >= 11 is 7.23. The van der Waals surface area contributed by atoms with E-state index in [4.69, 9.17) is 16.3 Å². The summed E-state index contributed by atoms with van der Waals surface area (Å²) in [5, 5.41) is 12.5. The highest BCUT2D eigenvalue weighted by Gasteiger charge is 2.18. The number of carbonyl (C=O) groups excluding carboxylic acids is 2. The number of esters is 1. The van der Waals surface area contributed by atoms with E-state index in [2.05, 4.69) is 15.5 Å². The molecule has 4 aromatic rings. The summed E-state index contributed by atoms with van der Waals surface area (Å²) in [5.41, 5.74) is 1.51. The fourth-order valence-corrected chi connectivity index (χ4v) is 3.86. The Morgan fingerprint density at radius 1 is 1.03 bits per heavy atom. The van der Waals surface area contributed by atoms with Gasteiger partial charge in [-0.1, -0.05) is 35.5 Å². The number of rotatable bonds is 7. The van der Waals surface area contributed by atoms with Crippen LogP contribution < -0.4 is 5.32 Å². The largest absolute Gasteiger partial charge is 0.465 e. The van der Waals surface area contributed by atoms with E-state index in [1.165, 1.54) is 18.9 Å². The standard InChI is InChI=1S/C22H18ClN5O3S/c1-31-21(30)17-6-2-3-7-18(17)24-19(29)14-32-22-26-25-20(15-8-10-16(23)11-9-15)28(22)27-12-4-5-13-27/h2-13H,14H2,1H3,(H,24,29). The molecule has 0 atom stereocenters. The molecule has 0 aliphatic carbocycles. The number of hydrogen-bond acceptors (Lipinski definition) is 6. The number of benzene rings is 2. The lowest BCUT2D eigenvalue weighted by atomic mass is 10.2. The first-order valence-corrected chi connectivity index (χ1v) is 10.9. The Morgan fingerprint density at radius 2 is 1.75 bits per heavy atom. The molecular formula is C22H18ClN5O3S. The number of hydrogen-bond donors (Lipinski definition) is 1. The molecular weight excluding hydrogens is 450 g/mol. The van der Waals surface area contributed by atoms with E-state index in [1.807, 2.05) is 46.0 Å². The summed E-state index contributed by atoms with van der Waals surface area (Å²) < 4.78 is 8.41. The summed E-state index contributed by atoms with van der Waals surface area (Å²) in [4.78, 5) is 24.5. The molecule has 0 aliphatic rings. The normalized spacial score (nSPS) is 10.7. The van der Waals surface area contributed by atoms with Gasteiger partial charge >= 0.3 is 5.97 Å². The quantitative estimate of drug-likeness (QED) is 0.323. The number of amides is 1. The number of ether oxygens (including phenoxy) is 1. The number of methoxy groups -OCH3 is 1. The zero-order valence-electron chi connectivity index (χ0n) is 16.9. The molecule has 4 rings (SSSR count). The first-order chi connectivity index (χ1) is 15.6. The van der Waals surface area contributed by atoms with Crippen molar-refractivity contribution in [1.82, 2.24) is 19.5 Å². The first kappa shape index (κ1) is 21.7. The SMILES string of the molecule is COC(=O)c1ccccc1NC(=O)CSc1nnc(-c2ccc(Cl)cc2)n1-n1cccc1. The first-order valence-electron chi connectivity index (χ1n) is 9.52. The Hall–Kier alpha value is -3.56. The molecule has 0 saturated heterocycles. The van der Waals surface area contributed by atoms with Crippen molar-refractivity contribution in [2.24, 2.45) is 0 Å². The van der Waals surface area contributed by atoms with E-state index in [0.717, 1.165) is 5.56 Å². The lowest BCUT2D eigenvalue weighted by Crippen LogP contribution is -2.18. The Balaban J connectivity index is 1.55. The fourth-order valence-electron chi connectivity index (χ4n) is 3.00. The number of halogens is 1. The topological polar surface area (TPSA) is 91.0 Å². The third kappa shape index (κ3) is 4.68. The molecule has 8 nitrogen and oxygen atoms in total. The zero-order chi connectivity index (χ0) is 22.5. The Kier molecular flexibility index (Phi) is 6.58. The number of anilines is 1. The van der Waals surface area contributed by atoms with Crippen molar-refractivity contribution in [3.05, 3.63) is 83.6 Å². The van der Waals surface area contributed by atoms with Crippen molar-refractivity contribution in [2.45, 2.75) is 5.16 Å². The van der Waals surface area contributed by atoms with Crippen molar-refractivity contribution in [3.8, 4) is 11.4 Å². The number of carbonyl (C=O) groups is 2. The summed E-state index contributed by atoms with van der Waals surface area (Å²) in [6, 6.07) is 17.7. The summed E-state index contributed by atoms with van der Waals surface area (Å²) in [6.07, 6.45) is 3.72. The third-order valence-electron chi connectivity index (χ3n) is 4.47.